The molecule has 2 saturated heterocycles. The number of hydrogen-bond acceptors (Lipinski definition) is 3. The van der Waals surface area contributed by atoms with E-state index in [0.29, 0.717) is 12.1 Å². The number of carbonyl (C=O) groups excluding carboxylic acids is 1. The summed E-state index contributed by atoms with van der Waals surface area (Å²) in [4.78, 5) is 14.4. The average molecular weight is 339 g/mol. The molecule has 0 radical (unpaired) electrons. The van der Waals surface area contributed by atoms with Crippen molar-refractivity contribution >= 4 is 18.3 Å². The summed E-state index contributed by atoms with van der Waals surface area (Å²) < 4.78 is 5.85. The molecule has 2 heterocycles. The van der Waals surface area contributed by atoms with Crippen molar-refractivity contribution in [2.75, 3.05) is 19.7 Å². The minimum Gasteiger partial charge on any atom is -0.483 e. The Labute approximate surface area is 145 Å². The van der Waals surface area contributed by atoms with Crippen LogP contribution in [0.2, 0.25) is 0 Å². The van der Waals surface area contributed by atoms with E-state index in [9.17, 15) is 4.79 Å². The standard InChI is InChI=1S/C18H26N2O2.ClH/c1-12-8-13(2)18(14(3)9-12)22-11-17(21)20-7-6-15-4-5-16(10-20)19-15;/h8-9,15-16,19H,4-7,10-11H2,1-3H3;1H. The minimum absolute atomic E-state index is 0. The van der Waals surface area contributed by atoms with Gasteiger partial charge in [-0.25, -0.2) is 0 Å². The van der Waals surface area contributed by atoms with E-state index < -0.39 is 0 Å². The molecule has 5 heteroatoms. The second-order valence-electron chi connectivity index (χ2n) is 6.78. The van der Waals surface area contributed by atoms with Crippen molar-refractivity contribution < 1.29 is 9.53 Å². The van der Waals surface area contributed by atoms with Gasteiger partial charge in [0.2, 0.25) is 0 Å². The van der Waals surface area contributed by atoms with Gasteiger partial charge in [-0.05, 0) is 51.2 Å². The highest BCUT2D eigenvalue weighted by Gasteiger charge is 2.31. The maximum atomic E-state index is 12.5. The molecule has 1 aromatic rings. The van der Waals surface area contributed by atoms with Crippen molar-refractivity contribution in [3.63, 3.8) is 0 Å². The number of hydrogen-bond donors (Lipinski definition) is 1. The Bertz CT molecular complexity index is 553. The van der Waals surface area contributed by atoms with E-state index in [1.54, 1.807) is 0 Å². The summed E-state index contributed by atoms with van der Waals surface area (Å²) in [6.07, 6.45) is 3.50. The molecular weight excluding hydrogens is 312 g/mol. The van der Waals surface area contributed by atoms with Gasteiger partial charge in [-0.2, -0.15) is 0 Å². The van der Waals surface area contributed by atoms with E-state index in [0.717, 1.165) is 36.4 Å². The molecule has 0 aliphatic carbocycles. The molecule has 2 unspecified atom stereocenters. The van der Waals surface area contributed by atoms with Crippen LogP contribution in [-0.4, -0.2) is 42.6 Å². The van der Waals surface area contributed by atoms with Gasteiger partial charge in [-0.1, -0.05) is 17.7 Å². The van der Waals surface area contributed by atoms with Crippen molar-refractivity contribution in [1.82, 2.24) is 10.2 Å². The van der Waals surface area contributed by atoms with E-state index in [1.165, 1.54) is 18.4 Å². The second kappa shape index (κ2) is 7.54. The van der Waals surface area contributed by atoms with Crippen LogP contribution in [-0.2, 0) is 4.79 Å². The highest BCUT2D eigenvalue weighted by molar-refractivity contribution is 5.85. The predicted octanol–water partition coefficient (Wildman–Crippen LogP) is 2.77. The van der Waals surface area contributed by atoms with E-state index in [1.807, 2.05) is 18.7 Å². The lowest BCUT2D eigenvalue weighted by Gasteiger charge is -2.24. The van der Waals surface area contributed by atoms with Gasteiger partial charge in [0.1, 0.15) is 5.75 Å². The number of likely N-dealkylation sites (tertiary alicyclic amines) is 1. The molecule has 2 atom stereocenters. The SMILES string of the molecule is Cc1cc(C)c(OCC(=O)N2CCC3CCC(C2)N3)c(C)c1.Cl. The Kier molecular flexibility index (Phi) is 5.93. The zero-order valence-electron chi connectivity index (χ0n) is 14.2. The van der Waals surface area contributed by atoms with Crippen LogP contribution in [0.3, 0.4) is 0 Å². The summed E-state index contributed by atoms with van der Waals surface area (Å²) in [6.45, 7) is 7.96. The lowest BCUT2D eigenvalue weighted by atomic mass is 10.1. The topological polar surface area (TPSA) is 41.6 Å². The minimum atomic E-state index is 0. The van der Waals surface area contributed by atoms with E-state index >= 15 is 0 Å². The van der Waals surface area contributed by atoms with Crippen molar-refractivity contribution in [3.05, 3.63) is 28.8 Å². The molecule has 128 valence electrons. The fourth-order valence-electron chi connectivity index (χ4n) is 3.79. The zero-order chi connectivity index (χ0) is 15.7. The Balaban J connectivity index is 0.00000192. The van der Waals surface area contributed by atoms with Gasteiger partial charge in [0, 0.05) is 25.2 Å². The van der Waals surface area contributed by atoms with Crippen molar-refractivity contribution in [1.29, 1.82) is 0 Å². The molecule has 3 rings (SSSR count). The van der Waals surface area contributed by atoms with Gasteiger partial charge in [0.15, 0.2) is 6.61 Å². The summed E-state index contributed by atoms with van der Waals surface area (Å²) >= 11 is 0. The lowest BCUT2D eigenvalue weighted by Crippen LogP contribution is -2.41. The van der Waals surface area contributed by atoms with Gasteiger partial charge < -0.3 is 15.0 Å². The van der Waals surface area contributed by atoms with Gasteiger partial charge in [-0.3, -0.25) is 4.79 Å². The summed E-state index contributed by atoms with van der Waals surface area (Å²) in [5.41, 5.74) is 3.42. The Morgan fingerprint density at radius 3 is 2.52 bits per heavy atom. The number of ether oxygens (including phenoxy) is 1. The van der Waals surface area contributed by atoms with Crippen molar-refractivity contribution in [2.24, 2.45) is 0 Å². The predicted molar refractivity (Wildman–Crippen MR) is 94.5 cm³/mol. The number of carbonyl (C=O) groups is 1. The molecule has 2 aliphatic rings. The molecule has 4 nitrogen and oxygen atoms in total. The fraction of sp³-hybridized carbons (Fsp3) is 0.611. The van der Waals surface area contributed by atoms with Gasteiger partial charge in [0.05, 0.1) is 0 Å². The van der Waals surface area contributed by atoms with Crippen LogP contribution >= 0.6 is 12.4 Å². The number of rotatable bonds is 3. The highest BCUT2D eigenvalue weighted by atomic mass is 35.5. The normalized spacial score (nSPS) is 23.2. The third-order valence-corrected chi connectivity index (χ3v) is 4.82. The molecule has 2 fully saturated rings. The van der Waals surface area contributed by atoms with Crippen LogP contribution in [0, 0.1) is 20.8 Å². The molecule has 1 aromatic carbocycles. The summed E-state index contributed by atoms with van der Waals surface area (Å²) in [5.74, 6) is 0.960. The highest BCUT2D eigenvalue weighted by Crippen LogP contribution is 2.25. The Morgan fingerprint density at radius 1 is 1.17 bits per heavy atom. The van der Waals surface area contributed by atoms with E-state index in [-0.39, 0.29) is 24.9 Å². The van der Waals surface area contributed by atoms with Crippen LogP contribution in [0.5, 0.6) is 5.75 Å². The smallest absolute Gasteiger partial charge is 0.260 e. The van der Waals surface area contributed by atoms with Gasteiger partial charge >= 0.3 is 0 Å². The van der Waals surface area contributed by atoms with Crippen LogP contribution < -0.4 is 10.1 Å². The Morgan fingerprint density at radius 2 is 1.83 bits per heavy atom. The third-order valence-electron chi connectivity index (χ3n) is 4.82. The number of aryl methyl sites for hydroxylation is 3. The van der Waals surface area contributed by atoms with Crippen LogP contribution in [0.4, 0.5) is 0 Å². The second-order valence-corrected chi connectivity index (χ2v) is 6.78. The fourth-order valence-corrected chi connectivity index (χ4v) is 3.79. The molecular formula is C18H27ClN2O2. The maximum Gasteiger partial charge on any atom is 0.260 e. The monoisotopic (exact) mass is 338 g/mol. The first kappa shape index (κ1) is 18.1. The lowest BCUT2D eigenvalue weighted by molar-refractivity contribution is -0.133. The zero-order valence-corrected chi connectivity index (χ0v) is 15.0. The van der Waals surface area contributed by atoms with E-state index in [4.69, 9.17) is 4.74 Å². The largest absolute Gasteiger partial charge is 0.483 e. The third kappa shape index (κ3) is 4.18. The number of nitrogens with zero attached hydrogens (tertiary/aromatic N) is 1. The average Bonchev–Trinajstić information content (AvgIpc) is 2.76. The number of nitrogens with one attached hydrogen (secondary N) is 1. The molecule has 0 spiro atoms. The van der Waals surface area contributed by atoms with Crippen LogP contribution in [0.1, 0.15) is 36.0 Å². The number of fused-ring (bicyclic) bond motifs is 2. The molecule has 1 N–H and O–H groups in total. The van der Waals surface area contributed by atoms with E-state index in [2.05, 4.69) is 24.4 Å². The summed E-state index contributed by atoms with van der Waals surface area (Å²) in [6, 6.07) is 5.27. The van der Waals surface area contributed by atoms with Crippen LogP contribution in [0.25, 0.3) is 0 Å². The molecule has 2 aliphatic heterocycles. The first-order valence-electron chi connectivity index (χ1n) is 8.27. The van der Waals surface area contributed by atoms with Crippen LogP contribution in [0.15, 0.2) is 12.1 Å². The summed E-state index contributed by atoms with van der Waals surface area (Å²) in [7, 11) is 0. The molecule has 1 amide bonds. The molecule has 23 heavy (non-hydrogen) atoms. The maximum absolute atomic E-state index is 12.5. The summed E-state index contributed by atoms with van der Waals surface area (Å²) in [5, 5.41) is 3.60. The Hall–Kier alpha value is -1.26. The van der Waals surface area contributed by atoms with Gasteiger partial charge in [-0.15, -0.1) is 12.4 Å². The van der Waals surface area contributed by atoms with Crippen molar-refractivity contribution in [3.8, 4) is 5.75 Å². The number of halogens is 1. The first-order valence-corrected chi connectivity index (χ1v) is 8.27. The quantitative estimate of drug-likeness (QED) is 0.921. The molecule has 0 aromatic heterocycles. The molecule has 2 bridgehead atoms. The molecule has 0 saturated carbocycles. The number of amides is 1. The first-order chi connectivity index (χ1) is 10.5. The van der Waals surface area contributed by atoms with Crippen molar-refractivity contribution in [2.45, 2.75) is 52.1 Å². The number of benzene rings is 1. The van der Waals surface area contributed by atoms with Gasteiger partial charge in [0.25, 0.3) is 5.91 Å².